The van der Waals surface area contributed by atoms with Gasteiger partial charge in [-0.15, -0.1) is 0 Å². The first-order chi connectivity index (χ1) is 8.56. The van der Waals surface area contributed by atoms with Crippen LogP contribution < -0.4 is 0 Å². The molecule has 0 aliphatic carbocycles. The second-order valence-corrected chi connectivity index (χ2v) is 4.31. The monoisotopic (exact) mass is 256 g/mol. The third-order valence-corrected chi connectivity index (χ3v) is 2.56. The fourth-order valence-electron chi connectivity index (χ4n) is 1.73. The van der Waals surface area contributed by atoms with Gasteiger partial charge in [0.05, 0.1) is 0 Å². The first-order valence-corrected chi connectivity index (χ1v) is 6.22. The van der Waals surface area contributed by atoms with Gasteiger partial charge in [-0.25, -0.2) is 0 Å². The Hall–Kier alpha value is -1.43. The Bertz CT molecular complexity index is 378. The third kappa shape index (κ3) is 4.44. The van der Waals surface area contributed by atoms with Crippen molar-refractivity contribution >= 4 is 5.97 Å². The summed E-state index contributed by atoms with van der Waals surface area (Å²) < 4.78 is 10.6. The highest BCUT2D eigenvalue weighted by atomic mass is 16.5. The molecule has 0 aromatic carbocycles. The lowest BCUT2D eigenvalue weighted by molar-refractivity contribution is -0.137. The van der Waals surface area contributed by atoms with Crippen LogP contribution in [0.25, 0.3) is 0 Å². The van der Waals surface area contributed by atoms with E-state index in [1.165, 1.54) is 0 Å². The van der Waals surface area contributed by atoms with E-state index in [4.69, 9.17) is 14.4 Å². The first-order valence-electron chi connectivity index (χ1n) is 6.22. The van der Waals surface area contributed by atoms with Crippen molar-refractivity contribution in [3.63, 3.8) is 0 Å². The van der Waals surface area contributed by atoms with Crippen molar-refractivity contribution in [3.8, 4) is 0 Å². The number of aromatic nitrogens is 2. The molecule has 1 rings (SSSR count). The fraction of sp³-hybridized carbons (Fsp3) is 0.750. The standard InChI is InChI=1S/C12H20N2O4/c1-4-9(17-5-2)12-13-10(18-14-12)6-8(3)7-11(15)16/h8-9H,4-7H2,1-3H3,(H,15,16). The Kier molecular flexibility index (Phi) is 5.77. The molecular formula is C12H20N2O4. The zero-order valence-corrected chi connectivity index (χ0v) is 11.0. The van der Waals surface area contributed by atoms with Crippen LogP contribution in [0.1, 0.15) is 51.4 Å². The minimum Gasteiger partial charge on any atom is -0.481 e. The van der Waals surface area contributed by atoms with E-state index in [-0.39, 0.29) is 18.4 Å². The molecule has 1 aromatic heterocycles. The lowest BCUT2D eigenvalue weighted by Crippen LogP contribution is -2.08. The normalized spacial score (nSPS) is 14.4. The second-order valence-electron chi connectivity index (χ2n) is 4.31. The van der Waals surface area contributed by atoms with Crippen LogP contribution in [0.5, 0.6) is 0 Å². The molecule has 1 N–H and O–H groups in total. The largest absolute Gasteiger partial charge is 0.481 e. The molecule has 0 saturated heterocycles. The van der Waals surface area contributed by atoms with Gasteiger partial charge in [-0.3, -0.25) is 4.79 Å². The van der Waals surface area contributed by atoms with Gasteiger partial charge in [-0.1, -0.05) is 19.0 Å². The van der Waals surface area contributed by atoms with Crippen molar-refractivity contribution in [3.05, 3.63) is 11.7 Å². The number of carbonyl (C=O) groups is 1. The lowest BCUT2D eigenvalue weighted by Gasteiger charge is -2.09. The molecule has 0 saturated carbocycles. The molecule has 2 unspecified atom stereocenters. The first kappa shape index (κ1) is 14.6. The van der Waals surface area contributed by atoms with E-state index in [1.807, 2.05) is 20.8 Å². The Balaban J connectivity index is 2.59. The van der Waals surface area contributed by atoms with Crippen molar-refractivity contribution in [2.45, 2.75) is 46.1 Å². The third-order valence-electron chi connectivity index (χ3n) is 2.56. The Labute approximate surface area is 106 Å². The molecular weight excluding hydrogens is 236 g/mol. The maximum Gasteiger partial charge on any atom is 0.303 e. The zero-order valence-electron chi connectivity index (χ0n) is 11.0. The Morgan fingerprint density at radius 1 is 1.50 bits per heavy atom. The van der Waals surface area contributed by atoms with E-state index in [2.05, 4.69) is 10.1 Å². The molecule has 1 aromatic rings. The quantitative estimate of drug-likeness (QED) is 0.767. The van der Waals surface area contributed by atoms with Gasteiger partial charge in [0.2, 0.25) is 11.7 Å². The summed E-state index contributed by atoms with van der Waals surface area (Å²) >= 11 is 0. The summed E-state index contributed by atoms with van der Waals surface area (Å²) in [5.74, 6) is 0.166. The lowest BCUT2D eigenvalue weighted by atomic mass is 10.0. The number of nitrogens with zero attached hydrogens (tertiary/aromatic N) is 2. The number of hydrogen-bond donors (Lipinski definition) is 1. The number of ether oxygens (including phenoxy) is 1. The molecule has 1 heterocycles. The van der Waals surface area contributed by atoms with Gasteiger partial charge in [-0.2, -0.15) is 4.98 Å². The number of hydrogen-bond acceptors (Lipinski definition) is 5. The van der Waals surface area contributed by atoms with Crippen LogP contribution in [0.3, 0.4) is 0 Å². The van der Waals surface area contributed by atoms with Crippen molar-refractivity contribution in [1.29, 1.82) is 0 Å². The summed E-state index contributed by atoms with van der Waals surface area (Å²) in [6.45, 7) is 6.34. The van der Waals surface area contributed by atoms with E-state index in [9.17, 15) is 4.79 Å². The molecule has 18 heavy (non-hydrogen) atoms. The number of rotatable bonds is 8. The molecule has 0 radical (unpaired) electrons. The van der Waals surface area contributed by atoms with Gasteiger partial charge in [0.15, 0.2) is 0 Å². The summed E-state index contributed by atoms with van der Waals surface area (Å²) in [5.41, 5.74) is 0. The van der Waals surface area contributed by atoms with Crippen LogP contribution in [0.2, 0.25) is 0 Å². The van der Waals surface area contributed by atoms with Crippen LogP contribution in [0, 0.1) is 5.92 Å². The van der Waals surface area contributed by atoms with E-state index >= 15 is 0 Å². The van der Waals surface area contributed by atoms with E-state index in [1.54, 1.807) is 0 Å². The van der Waals surface area contributed by atoms with E-state index in [0.29, 0.717) is 24.7 Å². The van der Waals surface area contributed by atoms with Crippen molar-refractivity contribution in [1.82, 2.24) is 10.1 Å². The van der Waals surface area contributed by atoms with Crippen LogP contribution in [0.4, 0.5) is 0 Å². The van der Waals surface area contributed by atoms with Crippen LogP contribution in [0.15, 0.2) is 4.52 Å². The molecule has 6 heteroatoms. The van der Waals surface area contributed by atoms with Crippen molar-refractivity contribution < 1.29 is 19.2 Å². The number of aliphatic carboxylic acids is 1. The Morgan fingerprint density at radius 3 is 2.78 bits per heavy atom. The number of carboxylic acid groups (broad SMARTS) is 1. The maximum atomic E-state index is 10.6. The molecule has 0 amide bonds. The molecule has 0 aliphatic heterocycles. The zero-order chi connectivity index (χ0) is 13.5. The molecule has 0 bridgehead atoms. The van der Waals surface area contributed by atoms with Gasteiger partial charge in [0, 0.05) is 19.4 Å². The highest BCUT2D eigenvalue weighted by Crippen LogP contribution is 2.19. The molecule has 0 aliphatic rings. The van der Waals surface area contributed by atoms with Crippen LogP contribution in [-0.2, 0) is 16.0 Å². The van der Waals surface area contributed by atoms with Crippen LogP contribution >= 0.6 is 0 Å². The van der Waals surface area contributed by atoms with Gasteiger partial charge in [0.25, 0.3) is 0 Å². The fourth-order valence-corrected chi connectivity index (χ4v) is 1.73. The minimum atomic E-state index is -0.817. The van der Waals surface area contributed by atoms with Crippen molar-refractivity contribution in [2.24, 2.45) is 5.92 Å². The second kappa shape index (κ2) is 7.10. The van der Waals surface area contributed by atoms with Crippen LogP contribution in [-0.4, -0.2) is 27.8 Å². The number of carboxylic acids is 1. The highest BCUT2D eigenvalue weighted by molar-refractivity contribution is 5.66. The molecule has 2 atom stereocenters. The molecule has 6 nitrogen and oxygen atoms in total. The van der Waals surface area contributed by atoms with Gasteiger partial charge < -0.3 is 14.4 Å². The van der Waals surface area contributed by atoms with Gasteiger partial charge in [0.1, 0.15) is 6.10 Å². The Morgan fingerprint density at radius 2 is 2.22 bits per heavy atom. The maximum absolute atomic E-state index is 10.6. The average Bonchev–Trinajstić information content (AvgIpc) is 2.72. The molecule has 102 valence electrons. The topological polar surface area (TPSA) is 85.5 Å². The van der Waals surface area contributed by atoms with Gasteiger partial charge in [-0.05, 0) is 19.3 Å². The van der Waals surface area contributed by atoms with E-state index in [0.717, 1.165) is 6.42 Å². The summed E-state index contributed by atoms with van der Waals surface area (Å²) in [4.78, 5) is 14.8. The molecule has 0 fully saturated rings. The van der Waals surface area contributed by atoms with Gasteiger partial charge >= 0.3 is 5.97 Å². The SMILES string of the molecule is CCOC(CC)c1noc(CC(C)CC(=O)O)n1. The summed E-state index contributed by atoms with van der Waals surface area (Å²) in [7, 11) is 0. The summed E-state index contributed by atoms with van der Waals surface area (Å²) in [6.07, 6.45) is 1.20. The smallest absolute Gasteiger partial charge is 0.303 e. The summed E-state index contributed by atoms with van der Waals surface area (Å²) in [5, 5.41) is 12.6. The minimum absolute atomic E-state index is 0.0250. The van der Waals surface area contributed by atoms with Crippen molar-refractivity contribution in [2.75, 3.05) is 6.61 Å². The van der Waals surface area contributed by atoms with E-state index < -0.39 is 5.97 Å². The predicted octanol–water partition coefficient (Wildman–Crippen LogP) is 2.21. The molecule has 0 spiro atoms. The highest BCUT2D eigenvalue weighted by Gasteiger charge is 2.18. The average molecular weight is 256 g/mol. The predicted molar refractivity (Wildman–Crippen MR) is 64.1 cm³/mol. The summed E-state index contributed by atoms with van der Waals surface area (Å²) in [6, 6.07) is 0.